The fourth-order valence-electron chi connectivity index (χ4n) is 2.96. The topological polar surface area (TPSA) is 135 Å². The van der Waals surface area contributed by atoms with E-state index in [0.29, 0.717) is 24.2 Å². The molecule has 0 fully saturated rings. The molecule has 0 radical (unpaired) electrons. The summed E-state index contributed by atoms with van der Waals surface area (Å²) in [5.41, 5.74) is 0.681. The van der Waals surface area contributed by atoms with Gasteiger partial charge in [-0.25, -0.2) is 0 Å². The highest BCUT2D eigenvalue weighted by atomic mass is 16.5. The smallest absolute Gasteiger partial charge is 0.163 e. The minimum atomic E-state index is -0.352. The number of aliphatic hydroxyl groups excluding tert-OH is 1. The van der Waals surface area contributed by atoms with Crippen molar-refractivity contribution in [2.24, 2.45) is 5.92 Å². The Morgan fingerprint density at radius 3 is 2.62 bits per heavy atom. The van der Waals surface area contributed by atoms with E-state index >= 15 is 0 Å². The molecule has 0 bridgehead atoms. The number of aromatic hydroxyl groups is 1. The van der Waals surface area contributed by atoms with Crippen LogP contribution in [0.5, 0.6) is 11.5 Å². The first-order valence-electron chi connectivity index (χ1n) is 9.94. The molecule has 9 nitrogen and oxygen atoms in total. The van der Waals surface area contributed by atoms with Gasteiger partial charge in [-0.3, -0.25) is 14.7 Å². The molecule has 3 rings (SSSR count). The number of rotatable bonds is 8. The van der Waals surface area contributed by atoms with Crippen molar-refractivity contribution >= 4 is 17.6 Å². The first-order valence-corrected chi connectivity index (χ1v) is 9.94. The molecule has 170 valence electrons. The van der Waals surface area contributed by atoms with Crippen molar-refractivity contribution in [2.75, 3.05) is 14.2 Å². The van der Waals surface area contributed by atoms with E-state index in [1.54, 1.807) is 42.8 Å². The number of phenols is 1. The van der Waals surface area contributed by atoms with Gasteiger partial charge in [-0.15, -0.1) is 5.10 Å². The van der Waals surface area contributed by atoms with E-state index in [9.17, 15) is 19.8 Å². The number of ether oxygens (including phenoxy) is 2. The van der Waals surface area contributed by atoms with Gasteiger partial charge in [0.2, 0.25) is 0 Å². The van der Waals surface area contributed by atoms with Crippen molar-refractivity contribution < 1.29 is 29.3 Å². The maximum absolute atomic E-state index is 12.0. The van der Waals surface area contributed by atoms with Crippen LogP contribution in [-0.4, -0.2) is 57.5 Å². The van der Waals surface area contributed by atoms with Gasteiger partial charge in [0.05, 0.1) is 19.7 Å². The summed E-state index contributed by atoms with van der Waals surface area (Å²) in [6.07, 6.45) is 11.7. The van der Waals surface area contributed by atoms with Crippen LogP contribution in [0.1, 0.15) is 24.8 Å². The fourth-order valence-corrected chi connectivity index (χ4v) is 2.96. The molecule has 2 atom stereocenters. The Balaban J connectivity index is 0.000000636. The molecule has 1 aromatic heterocycles. The van der Waals surface area contributed by atoms with E-state index in [1.807, 2.05) is 0 Å². The highest BCUT2D eigenvalue weighted by Crippen LogP contribution is 2.27. The monoisotopic (exact) mass is 441 g/mol. The Kier molecular flexibility index (Phi) is 9.86. The molecule has 0 aliphatic heterocycles. The van der Waals surface area contributed by atoms with Crippen molar-refractivity contribution in [3.05, 3.63) is 66.2 Å². The molecular weight excluding hydrogens is 414 g/mol. The number of carbonyl (C=O) groups excluding carboxylic acids is 2. The molecule has 1 aromatic carbocycles. The van der Waals surface area contributed by atoms with Crippen molar-refractivity contribution in [3.8, 4) is 11.5 Å². The van der Waals surface area contributed by atoms with Gasteiger partial charge in [0.1, 0.15) is 11.9 Å². The highest BCUT2D eigenvalue weighted by Gasteiger charge is 2.22. The molecule has 3 N–H and O–H groups in total. The van der Waals surface area contributed by atoms with Crippen molar-refractivity contribution in [2.45, 2.75) is 25.4 Å². The SMILES string of the molecule is COc1cc(C=CC(=O)CC(=O)C=CC2CC=C(O)C(OC)C2)ccc1O.c1c[nH]nn1. The van der Waals surface area contributed by atoms with Gasteiger partial charge in [0.25, 0.3) is 0 Å². The van der Waals surface area contributed by atoms with Crippen LogP contribution in [0.25, 0.3) is 6.08 Å². The molecule has 1 aliphatic rings. The van der Waals surface area contributed by atoms with Crippen LogP contribution in [0.3, 0.4) is 0 Å². The summed E-state index contributed by atoms with van der Waals surface area (Å²) in [7, 11) is 2.97. The first-order chi connectivity index (χ1) is 15.4. The lowest BCUT2D eigenvalue weighted by molar-refractivity contribution is -0.121. The number of ketones is 2. The lowest BCUT2D eigenvalue weighted by Crippen LogP contribution is -2.21. The predicted molar refractivity (Wildman–Crippen MR) is 118 cm³/mol. The summed E-state index contributed by atoms with van der Waals surface area (Å²) in [4.78, 5) is 23.9. The number of methoxy groups -OCH3 is 2. The minimum Gasteiger partial charge on any atom is -0.510 e. The van der Waals surface area contributed by atoms with Crippen LogP contribution in [0.2, 0.25) is 0 Å². The number of H-pyrrole nitrogens is 1. The van der Waals surface area contributed by atoms with E-state index in [2.05, 4.69) is 15.4 Å². The number of allylic oxidation sites excluding steroid dienone is 4. The van der Waals surface area contributed by atoms with Crippen molar-refractivity contribution in [1.29, 1.82) is 0 Å². The normalized spacial score (nSPS) is 18.1. The summed E-state index contributed by atoms with van der Waals surface area (Å²) in [6, 6.07) is 4.71. The van der Waals surface area contributed by atoms with Gasteiger partial charge in [0.15, 0.2) is 23.1 Å². The maximum Gasteiger partial charge on any atom is 0.163 e. The van der Waals surface area contributed by atoms with Crippen LogP contribution in [0.15, 0.2) is 60.7 Å². The van der Waals surface area contributed by atoms with Gasteiger partial charge in [0, 0.05) is 13.3 Å². The minimum absolute atomic E-state index is 0.0166. The summed E-state index contributed by atoms with van der Waals surface area (Å²) in [5.74, 6) is 0.0475. The zero-order valence-corrected chi connectivity index (χ0v) is 18.0. The summed E-state index contributed by atoms with van der Waals surface area (Å²) in [5, 5.41) is 28.5. The van der Waals surface area contributed by atoms with Crippen LogP contribution < -0.4 is 4.74 Å². The number of nitrogens with zero attached hydrogens (tertiary/aromatic N) is 2. The third-order valence-electron chi connectivity index (χ3n) is 4.66. The molecule has 0 spiro atoms. The molecule has 1 aliphatic carbocycles. The number of aromatic amines is 1. The zero-order chi connectivity index (χ0) is 23.3. The Morgan fingerprint density at radius 1 is 1.22 bits per heavy atom. The molecule has 0 saturated heterocycles. The number of hydrogen-bond acceptors (Lipinski definition) is 8. The van der Waals surface area contributed by atoms with Gasteiger partial charge in [-0.1, -0.05) is 23.4 Å². The summed E-state index contributed by atoms with van der Waals surface area (Å²) < 4.78 is 10.2. The molecule has 0 saturated carbocycles. The Morgan fingerprint density at radius 2 is 2.00 bits per heavy atom. The third kappa shape index (κ3) is 8.19. The number of aliphatic hydroxyl groups is 1. The molecule has 2 aromatic rings. The van der Waals surface area contributed by atoms with Crippen LogP contribution >= 0.6 is 0 Å². The first kappa shape index (κ1) is 24.5. The number of carbonyl (C=O) groups is 2. The van der Waals surface area contributed by atoms with Crippen LogP contribution in [-0.2, 0) is 14.3 Å². The third-order valence-corrected chi connectivity index (χ3v) is 4.66. The fraction of sp³-hybridized carbons (Fsp3) is 0.304. The van der Waals surface area contributed by atoms with Crippen molar-refractivity contribution in [1.82, 2.24) is 15.4 Å². The molecule has 9 heteroatoms. The Hall–Kier alpha value is -3.72. The number of phenolic OH excluding ortho intramolecular Hbond substituents is 1. The summed E-state index contributed by atoms with van der Waals surface area (Å²) >= 11 is 0. The van der Waals surface area contributed by atoms with Gasteiger partial charge in [-0.05, 0) is 54.7 Å². The average Bonchev–Trinajstić information content (AvgIpc) is 3.38. The largest absolute Gasteiger partial charge is 0.510 e. The molecule has 32 heavy (non-hydrogen) atoms. The standard InChI is InChI=1S/C21H24O6.C2H3N3/c1-26-20-11-14(5-9-18(20)24)3-7-16(22)13-17(23)8-4-15-6-10-19(25)21(12-15)27-2;1-2-4-5-3-1/h3-5,7-11,15,21,24-25H,6,12-13H2,1-2H3;1-2H,(H,3,4,5). The van der Waals surface area contributed by atoms with Gasteiger partial charge >= 0.3 is 0 Å². The highest BCUT2D eigenvalue weighted by molar-refractivity contribution is 6.09. The lowest BCUT2D eigenvalue weighted by atomic mass is 9.90. The molecule has 0 amide bonds. The Bertz CT molecular complexity index is 949. The van der Waals surface area contributed by atoms with E-state index in [4.69, 9.17) is 9.47 Å². The lowest BCUT2D eigenvalue weighted by Gasteiger charge is -2.23. The number of benzene rings is 1. The second-order valence-electron chi connectivity index (χ2n) is 6.98. The van der Waals surface area contributed by atoms with E-state index in [0.717, 1.165) is 0 Å². The second kappa shape index (κ2) is 12.9. The van der Waals surface area contributed by atoms with Crippen LogP contribution in [0, 0.1) is 5.92 Å². The molecular formula is C23H27N3O6. The van der Waals surface area contributed by atoms with Crippen LogP contribution in [0.4, 0.5) is 0 Å². The average molecular weight is 441 g/mol. The zero-order valence-electron chi connectivity index (χ0n) is 18.0. The second-order valence-corrected chi connectivity index (χ2v) is 6.98. The summed E-state index contributed by atoms with van der Waals surface area (Å²) in [6.45, 7) is 0. The van der Waals surface area contributed by atoms with E-state index in [-0.39, 0.29) is 41.5 Å². The van der Waals surface area contributed by atoms with E-state index in [1.165, 1.54) is 32.4 Å². The van der Waals surface area contributed by atoms with Gasteiger partial charge < -0.3 is 19.7 Å². The van der Waals surface area contributed by atoms with E-state index < -0.39 is 0 Å². The Labute approximate surface area is 186 Å². The molecule has 2 unspecified atom stereocenters. The quantitative estimate of drug-likeness (QED) is 0.420. The molecule has 1 heterocycles. The number of aromatic nitrogens is 3. The number of nitrogens with one attached hydrogen (secondary N) is 1. The predicted octanol–water partition coefficient (Wildman–Crippen LogP) is 3.17. The maximum atomic E-state index is 12.0. The van der Waals surface area contributed by atoms with Crippen molar-refractivity contribution in [3.63, 3.8) is 0 Å². The van der Waals surface area contributed by atoms with Gasteiger partial charge in [-0.2, -0.15) is 0 Å². The number of hydrogen-bond donors (Lipinski definition) is 3.